The molecule has 0 unspecified atom stereocenters. The molecular weight excluding hydrogens is 234 g/mol. The first-order chi connectivity index (χ1) is 9.27. The number of fused-ring (bicyclic) bond motifs is 1. The highest BCUT2D eigenvalue weighted by molar-refractivity contribution is 5.88. The Morgan fingerprint density at radius 3 is 2.53 bits per heavy atom. The molecule has 0 radical (unpaired) electrons. The van der Waals surface area contributed by atoms with Crippen molar-refractivity contribution >= 4 is 10.8 Å². The zero-order valence-electron chi connectivity index (χ0n) is 11.2. The van der Waals surface area contributed by atoms with Gasteiger partial charge in [0.25, 0.3) is 0 Å². The largest absolute Gasteiger partial charge is 0.508 e. The summed E-state index contributed by atoms with van der Waals surface area (Å²) in [6, 6.07) is 11.9. The van der Waals surface area contributed by atoms with Gasteiger partial charge in [0, 0.05) is 11.6 Å². The lowest BCUT2D eigenvalue weighted by Crippen LogP contribution is -2.23. The molecule has 2 heteroatoms. The number of phenolic OH excluding ortho intramolecular Hbond substituents is 1. The molecule has 0 amide bonds. The monoisotopic (exact) mass is 255 g/mol. The summed E-state index contributed by atoms with van der Waals surface area (Å²) in [4.78, 5) is 0. The van der Waals surface area contributed by atoms with Gasteiger partial charge in [-0.25, -0.2) is 0 Å². The Kier molecular flexibility index (Phi) is 3.43. The highest BCUT2D eigenvalue weighted by Gasteiger charge is 2.25. The summed E-state index contributed by atoms with van der Waals surface area (Å²) >= 11 is 0. The molecule has 1 saturated carbocycles. The molecule has 1 fully saturated rings. The highest BCUT2D eigenvalue weighted by Crippen LogP contribution is 2.39. The first-order valence-electron chi connectivity index (χ1n) is 7.23. The van der Waals surface area contributed by atoms with Crippen LogP contribution in [0.1, 0.15) is 43.7 Å². The van der Waals surface area contributed by atoms with Crippen molar-refractivity contribution in [1.82, 2.24) is 0 Å². The molecule has 19 heavy (non-hydrogen) atoms. The third-order valence-electron chi connectivity index (χ3n) is 4.44. The average Bonchev–Trinajstić information content (AvgIpc) is 2.47. The molecule has 0 heterocycles. The van der Waals surface area contributed by atoms with Crippen LogP contribution in [0.5, 0.6) is 5.75 Å². The van der Waals surface area contributed by atoms with E-state index in [-0.39, 0.29) is 6.04 Å². The number of hydrogen-bond donors (Lipinski definition) is 2. The van der Waals surface area contributed by atoms with Crippen LogP contribution < -0.4 is 5.73 Å². The van der Waals surface area contributed by atoms with Crippen molar-refractivity contribution in [2.75, 3.05) is 0 Å². The Balaban J connectivity index is 2.05. The number of benzene rings is 2. The van der Waals surface area contributed by atoms with Gasteiger partial charge < -0.3 is 10.8 Å². The standard InChI is InChI=1S/C17H21NO/c18-17(13-7-2-1-3-8-13)16-14-9-5-4-6-12(14)10-11-15(16)19/h4-6,9-11,13,17,19H,1-3,7-8,18H2/t17-/m1/s1. The Morgan fingerprint density at radius 2 is 1.74 bits per heavy atom. The van der Waals surface area contributed by atoms with E-state index >= 15 is 0 Å². The summed E-state index contributed by atoms with van der Waals surface area (Å²) in [5.41, 5.74) is 7.41. The van der Waals surface area contributed by atoms with Crippen LogP contribution in [0, 0.1) is 5.92 Å². The fourth-order valence-corrected chi connectivity index (χ4v) is 3.36. The predicted octanol–water partition coefficient (Wildman–Crippen LogP) is 4.13. The second kappa shape index (κ2) is 5.22. The Bertz CT molecular complexity index is 572. The van der Waals surface area contributed by atoms with Crippen LogP contribution in [0.4, 0.5) is 0 Å². The zero-order chi connectivity index (χ0) is 13.2. The van der Waals surface area contributed by atoms with E-state index in [1.807, 2.05) is 18.2 Å². The molecule has 1 aliphatic carbocycles. The predicted molar refractivity (Wildman–Crippen MR) is 79.1 cm³/mol. The third kappa shape index (κ3) is 2.33. The SMILES string of the molecule is N[C@@H](c1c(O)ccc2ccccc12)C1CCCCC1. The van der Waals surface area contributed by atoms with Gasteiger partial charge in [-0.05, 0) is 35.6 Å². The summed E-state index contributed by atoms with van der Waals surface area (Å²) in [5.74, 6) is 0.849. The second-order valence-electron chi connectivity index (χ2n) is 5.64. The molecule has 0 saturated heterocycles. The molecule has 1 aliphatic rings. The van der Waals surface area contributed by atoms with Crippen LogP contribution in [0.3, 0.4) is 0 Å². The second-order valence-corrected chi connectivity index (χ2v) is 5.64. The van der Waals surface area contributed by atoms with Gasteiger partial charge in [-0.2, -0.15) is 0 Å². The minimum atomic E-state index is -0.0496. The van der Waals surface area contributed by atoms with Crippen molar-refractivity contribution in [3.63, 3.8) is 0 Å². The molecule has 2 nitrogen and oxygen atoms in total. The van der Waals surface area contributed by atoms with E-state index in [0.717, 1.165) is 16.3 Å². The third-order valence-corrected chi connectivity index (χ3v) is 4.44. The number of rotatable bonds is 2. The van der Waals surface area contributed by atoms with Crippen molar-refractivity contribution in [1.29, 1.82) is 0 Å². The lowest BCUT2D eigenvalue weighted by atomic mass is 9.80. The normalized spacial score (nSPS) is 18.6. The van der Waals surface area contributed by atoms with Crippen molar-refractivity contribution in [2.45, 2.75) is 38.1 Å². The molecule has 2 aromatic rings. The molecular formula is C17H21NO. The first kappa shape index (κ1) is 12.5. The molecule has 3 N–H and O–H groups in total. The lowest BCUT2D eigenvalue weighted by Gasteiger charge is -2.29. The van der Waals surface area contributed by atoms with Crippen LogP contribution in [0.25, 0.3) is 10.8 Å². The Morgan fingerprint density at radius 1 is 1.00 bits per heavy atom. The fourth-order valence-electron chi connectivity index (χ4n) is 3.36. The molecule has 1 atom stereocenters. The minimum Gasteiger partial charge on any atom is -0.508 e. The summed E-state index contributed by atoms with van der Waals surface area (Å²) in [6.45, 7) is 0. The molecule has 100 valence electrons. The van der Waals surface area contributed by atoms with E-state index in [1.54, 1.807) is 6.07 Å². The molecule has 0 aliphatic heterocycles. The number of nitrogens with two attached hydrogens (primary N) is 1. The van der Waals surface area contributed by atoms with Gasteiger partial charge in [-0.15, -0.1) is 0 Å². The van der Waals surface area contributed by atoms with Crippen molar-refractivity contribution in [2.24, 2.45) is 11.7 Å². The van der Waals surface area contributed by atoms with Gasteiger partial charge in [0.1, 0.15) is 5.75 Å². The quantitative estimate of drug-likeness (QED) is 0.847. The van der Waals surface area contributed by atoms with Gasteiger partial charge in [-0.1, -0.05) is 49.6 Å². The molecule has 0 aromatic heterocycles. The van der Waals surface area contributed by atoms with Gasteiger partial charge in [0.05, 0.1) is 0 Å². The maximum Gasteiger partial charge on any atom is 0.120 e. The van der Waals surface area contributed by atoms with Gasteiger partial charge >= 0.3 is 0 Å². The van der Waals surface area contributed by atoms with E-state index in [2.05, 4.69) is 12.1 Å². The maximum absolute atomic E-state index is 10.2. The van der Waals surface area contributed by atoms with Gasteiger partial charge in [0.15, 0.2) is 0 Å². The molecule has 3 rings (SSSR count). The summed E-state index contributed by atoms with van der Waals surface area (Å²) in [7, 11) is 0. The summed E-state index contributed by atoms with van der Waals surface area (Å²) in [5, 5.41) is 12.5. The lowest BCUT2D eigenvalue weighted by molar-refractivity contribution is 0.304. The zero-order valence-corrected chi connectivity index (χ0v) is 11.2. The maximum atomic E-state index is 10.2. The highest BCUT2D eigenvalue weighted by atomic mass is 16.3. The van der Waals surface area contributed by atoms with E-state index in [1.165, 1.54) is 32.1 Å². The topological polar surface area (TPSA) is 46.2 Å². The number of hydrogen-bond acceptors (Lipinski definition) is 2. The summed E-state index contributed by atoms with van der Waals surface area (Å²) < 4.78 is 0. The number of aromatic hydroxyl groups is 1. The van der Waals surface area contributed by atoms with Crippen molar-refractivity contribution in [3.05, 3.63) is 42.0 Å². The molecule has 0 bridgehead atoms. The fraction of sp³-hybridized carbons (Fsp3) is 0.412. The van der Waals surface area contributed by atoms with Crippen molar-refractivity contribution < 1.29 is 5.11 Å². The molecule has 2 aromatic carbocycles. The van der Waals surface area contributed by atoms with Crippen LogP contribution in [-0.2, 0) is 0 Å². The van der Waals surface area contributed by atoms with Crippen molar-refractivity contribution in [3.8, 4) is 5.75 Å². The van der Waals surface area contributed by atoms with Crippen LogP contribution in [0.2, 0.25) is 0 Å². The average molecular weight is 255 g/mol. The van der Waals surface area contributed by atoms with Crippen LogP contribution in [-0.4, -0.2) is 5.11 Å². The Labute approximate surface area is 114 Å². The van der Waals surface area contributed by atoms with E-state index in [4.69, 9.17) is 5.73 Å². The number of phenols is 1. The first-order valence-corrected chi connectivity index (χ1v) is 7.23. The molecule has 0 spiro atoms. The Hall–Kier alpha value is -1.54. The van der Waals surface area contributed by atoms with Gasteiger partial charge in [-0.3, -0.25) is 0 Å². The minimum absolute atomic E-state index is 0.0496. The van der Waals surface area contributed by atoms with E-state index in [0.29, 0.717) is 11.7 Å². The van der Waals surface area contributed by atoms with Crippen LogP contribution in [0.15, 0.2) is 36.4 Å². The van der Waals surface area contributed by atoms with E-state index < -0.39 is 0 Å². The summed E-state index contributed by atoms with van der Waals surface area (Å²) in [6.07, 6.45) is 6.23. The smallest absolute Gasteiger partial charge is 0.120 e. The van der Waals surface area contributed by atoms with E-state index in [9.17, 15) is 5.11 Å². The van der Waals surface area contributed by atoms with Gasteiger partial charge in [0.2, 0.25) is 0 Å². The van der Waals surface area contributed by atoms with Crippen LogP contribution >= 0.6 is 0 Å².